The van der Waals surface area contributed by atoms with Crippen LogP contribution in [-0.2, 0) is 38.1 Å². The Labute approximate surface area is 192 Å². The topological polar surface area (TPSA) is 105 Å². The van der Waals surface area contributed by atoms with Crippen molar-refractivity contribution in [1.82, 2.24) is 0 Å². The fourth-order valence-corrected chi connectivity index (χ4v) is 2.79. The number of hydrogen-bond donors (Lipinski definition) is 0. The Balaban J connectivity index is 0.000000300. The lowest BCUT2D eigenvalue weighted by atomic mass is 10.3. The number of hydrogen-bond acceptors (Lipinski definition) is 8. The number of carbonyl (C=O) groups is 4. The maximum absolute atomic E-state index is 11.0. The Morgan fingerprint density at radius 2 is 0.900 bits per heavy atom. The van der Waals surface area contributed by atoms with Crippen LogP contribution in [0.2, 0.25) is 0 Å². The molecule has 0 aromatic rings. The Bertz CT molecular complexity index is 553. The van der Waals surface area contributed by atoms with Gasteiger partial charge in [-0.05, 0) is 24.3 Å². The summed E-state index contributed by atoms with van der Waals surface area (Å²) in [6, 6.07) is 0. The van der Waals surface area contributed by atoms with Gasteiger partial charge in [0.2, 0.25) is 0 Å². The fourth-order valence-electron chi connectivity index (χ4n) is 2.52. The minimum Gasteiger partial charge on any atom is -0.458 e. The molecule has 0 saturated heterocycles. The first kappa shape index (κ1) is 26.4. The zero-order chi connectivity index (χ0) is 22.5. The Morgan fingerprint density at radius 3 is 1.13 bits per heavy atom. The fraction of sp³-hybridized carbons (Fsp3) is 0.600. The molecule has 30 heavy (non-hydrogen) atoms. The second kappa shape index (κ2) is 14.3. The summed E-state index contributed by atoms with van der Waals surface area (Å²) < 4.78 is 20.2. The molecule has 0 aliphatic heterocycles. The third-order valence-electron chi connectivity index (χ3n) is 3.94. The molecule has 0 bridgehead atoms. The van der Waals surface area contributed by atoms with E-state index in [1.165, 1.54) is 0 Å². The molecule has 0 fully saturated rings. The summed E-state index contributed by atoms with van der Waals surface area (Å²) in [6.07, 6.45) is 7.69. The van der Waals surface area contributed by atoms with Crippen molar-refractivity contribution in [3.8, 4) is 0 Å². The van der Waals surface area contributed by atoms with Crippen LogP contribution in [0.15, 0.2) is 24.3 Å². The van der Waals surface area contributed by atoms with Crippen molar-refractivity contribution in [2.45, 2.75) is 63.9 Å². The summed E-state index contributed by atoms with van der Waals surface area (Å²) in [7, 11) is 0. The van der Waals surface area contributed by atoms with E-state index >= 15 is 0 Å². The van der Waals surface area contributed by atoms with Gasteiger partial charge in [0, 0.05) is 25.7 Å². The van der Waals surface area contributed by atoms with E-state index in [1.54, 1.807) is 38.2 Å². The standard InChI is InChI=1S/C11H16O4.C9H10Br2O4/c1-3-10(12)14-8-5-6-9(7-8)15-11(13)4-2;10-4-8(12)14-6-1-2-7(3-6)15-9(13)5-11/h5-6,8-9H,3-4,7H2,1-2H3;1-2,6-7H,3-5H2/t8-,9?;6-,7?/m00/s1. The van der Waals surface area contributed by atoms with Crippen LogP contribution in [0.25, 0.3) is 0 Å². The van der Waals surface area contributed by atoms with E-state index in [9.17, 15) is 19.2 Å². The van der Waals surface area contributed by atoms with Gasteiger partial charge in [-0.25, -0.2) is 0 Å². The number of ether oxygens (including phenoxy) is 4. The molecule has 0 radical (unpaired) electrons. The molecule has 0 N–H and O–H groups in total. The van der Waals surface area contributed by atoms with Gasteiger partial charge < -0.3 is 18.9 Å². The molecule has 10 heteroatoms. The van der Waals surface area contributed by atoms with Crippen LogP contribution in [0.1, 0.15) is 39.5 Å². The molecule has 2 unspecified atom stereocenters. The lowest BCUT2D eigenvalue weighted by Gasteiger charge is -2.13. The van der Waals surface area contributed by atoms with Gasteiger partial charge in [-0.15, -0.1) is 0 Å². The highest BCUT2D eigenvalue weighted by molar-refractivity contribution is 9.09. The van der Waals surface area contributed by atoms with Crippen LogP contribution >= 0.6 is 31.9 Å². The predicted octanol–water partition coefficient (Wildman–Crippen LogP) is 3.15. The highest BCUT2D eigenvalue weighted by Gasteiger charge is 2.25. The maximum atomic E-state index is 11.0. The van der Waals surface area contributed by atoms with Crippen molar-refractivity contribution >= 4 is 55.7 Å². The molecule has 0 saturated carbocycles. The van der Waals surface area contributed by atoms with Crippen molar-refractivity contribution < 1.29 is 38.1 Å². The van der Waals surface area contributed by atoms with E-state index in [0.717, 1.165) is 0 Å². The second-order valence-electron chi connectivity index (χ2n) is 6.33. The van der Waals surface area contributed by atoms with E-state index in [0.29, 0.717) is 25.7 Å². The van der Waals surface area contributed by atoms with Gasteiger partial charge in [0.05, 0.1) is 0 Å². The summed E-state index contributed by atoms with van der Waals surface area (Å²) in [5, 5.41) is 0.340. The highest BCUT2D eigenvalue weighted by atomic mass is 79.9. The molecule has 0 heterocycles. The zero-order valence-electron chi connectivity index (χ0n) is 16.9. The molecule has 8 nitrogen and oxygen atoms in total. The van der Waals surface area contributed by atoms with E-state index in [1.807, 2.05) is 0 Å². The molecule has 0 spiro atoms. The van der Waals surface area contributed by atoms with Crippen LogP contribution in [0.3, 0.4) is 0 Å². The third-order valence-corrected chi connectivity index (χ3v) is 4.85. The molecule has 168 valence electrons. The molecule has 0 aromatic heterocycles. The number of halogens is 2. The Kier molecular flexibility index (Phi) is 12.6. The smallest absolute Gasteiger partial charge is 0.317 e. The van der Waals surface area contributed by atoms with E-state index in [2.05, 4.69) is 31.9 Å². The summed E-state index contributed by atoms with van der Waals surface area (Å²) >= 11 is 6.00. The third kappa shape index (κ3) is 10.4. The first-order valence-electron chi connectivity index (χ1n) is 9.57. The predicted molar refractivity (Wildman–Crippen MR) is 115 cm³/mol. The summed E-state index contributed by atoms with van der Waals surface area (Å²) in [5.41, 5.74) is 0. The Hall–Kier alpha value is -1.68. The summed E-state index contributed by atoms with van der Waals surface area (Å²) in [4.78, 5) is 43.8. The van der Waals surface area contributed by atoms with Gasteiger partial charge in [-0.1, -0.05) is 45.7 Å². The monoisotopic (exact) mass is 552 g/mol. The van der Waals surface area contributed by atoms with E-state index < -0.39 is 0 Å². The minimum absolute atomic E-state index is 0.170. The normalized spacial score (nSPS) is 23.9. The van der Waals surface area contributed by atoms with E-state index in [-0.39, 0.29) is 59.0 Å². The van der Waals surface area contributed by atoms with Crippen LogP contribution in [0.4, 0.5) is 0 Å². The van der Waals surface area contributed by atoms with Crippen LogP contribution in [0.5, 0.6) is 0 Å². The molecule has 2 aliphatic rings. The van der Waals surface area contributed by atoms with Crippen molar-refractivity contribution in [2.24, 2.45) is 0 Å². The molecule has 2 aliphatic carbocycles. The number of alkyl halides is 2. The second-order valence-corrected chi connectivity index (χ2v) is 7.45. The van der Waals surface area contributed by atoms with Crippen LogP contribution in [-0.4, -0.2) is 59.0 Å². The zero-order valence-corrected chi connectivity index (χ0v) is 20.1. The maximum Gasteiger partial charge on any atom is 0.317 e. The van der Waals surface area contributed by atoms with Gasteiger partial charge in [0.25, 0.3) is 0 Å². The molecule has 0 amide bonds. The number of carbonyl (C=O) groups excluding carboxylic acids is 4. The summed E-state index contributed by atoms with van der Waals surface area (Å²) in [5.74, 6) is -1.10. The molecule has 2 rings (SSSR count). The highest BCUT2D eigenvalue weighted by Crippen LogP contribution is 2.19. The van der Waals surface area contributed by atoms with Gasteiger partial charge in [-0.2, -0.15) is 0 Å². The average Bonchev–Trinajstić information content (AvgIpc) is 3.37. The number of rotatable bonds is 8. The molecular formula is C20H26Br2O8. The first-order chi connectivity index (χ1) is 14.3. The average molecular weight is 554 g/mol. The van der Waals surface area contributed by atoms with Crippen molar-refractivity contribution in [3.05, 3.63) is 24.3 Å². The van der Waals surface area contributed by atoms with Gasteiger partial charge in [-0.3, -0.25) is 19.2 Å². The SMILES string of the molecule is CCC(=O)OC1C=C[C@H](OC(=O)CC)C1.O=C(CBr)OC1C=C[C@H](OC(=O)CBr)C1. The minimum atomic E-state index is -0.322. The largest absolute Gasteiger partial charge is 0.458 e. The van der Waals surface area contributed by atoms with Crippen molar-refractivity contribution in [2.75, 3.05) is 10.7 Å². The summed E-state index contributed by atoms with van der Waals surface area (Å²) in [6.45, 7) is 3.49. The lowest BCUT2D eigenvalue weighted by molar-refractivity contribution is -0.150. The van der Waals surface area contributed by atoms with Crippen molar-refractivity contribution in [3.63, 3.8) is 0 Å². The lowest BCUT2D eigenvalue weighted by Crippen LogP contribution is -2.20. The van der Waals surface area contributed by atoms with Crippen LogP contribution < -0.4 is 0 Å². The van der Waals surface area contributed by atoms with Gasteiger partial charge in [0.15, 0.2) is 0 Å². The van der Waals surface area contributed by atoms with Crippen molar-refractivity contribution in [1.29, 1.82) is 0 Å². The Morgan fingerprint density at radius 1 is 0.633 bits per heavy atom. The molecular weight excluding hydrogens is 528 g/mol. The quantitative estimate of drug-likeness (QED) is 0.195. The van der Waals surface area contributed by atoms with Gasteiger partial charge in [0.1, 0.15) is 35.1 Å². The number of esters is 4. The first-order valence-corrected chi connectivity index (χ1v) is 11.8. The molecule has 4 atom stereocenters. The van der Waals surface area contributed by atoms with Gasteiger partial charge >= 0.3 is 23.9 Å². The van der Waals surface area contributed by atoms with E-state index in [4.69, 9.17) is 18.9 Å². The van der Waals surface area contributed by atoms with Crippen LogP contribution in [0, 0.1) is 0 Å². The molecule has 0 aromatic carbocycles.